The van der Waals surface area contributed by atoms with Gasteiger partial charge < -0.3 is 9.15 Å². The summed E-state index contributed by atoms with van der Waals surface area (Å²) in [4.78, 5) is 17.3. The quantitative estimate of drug-likeness (QED) is 0.523. The van der Waals surface area contributed by atoms with Crippen molar-refractivity contribution < 1.29 is 13.9 Å². The Morgan fingerprint density at radius 1 is 1.28 bits per heavy atom. The van der Waals surface area contributed by atoms with Crippen molar-refractivity contribution in [3.63, 3.8) is 0 Å². The predicted octanol–water partition coefficient (Wildman–Crippen LogP) is 4.63. The fraction of sp³-hybridized carbons (Fsp3) is 0.0952. The minimum absolute atomic E-state index is 0.183. The number of furan rings is 1. The molecule has 0 unspecified atom stereocenters. The van der Waals surface area contributed by atoms with Crippen molar-refractivity contribution in [3.8, 4) is 29.0 Å². The van der Waals surface area contributed by atoms with E-state index in [-0.39, 0.29) is 11.1 Å². The minimum atomic E-state index is -0.433. The summed E-state index contributed by atoms with van der Waals surface area (Å²) >= 11 is 1.31. The molecule has 3 aromatic heterocycles. The molecule has 29 heavy (non-hydrogen) atoms. The molecule has 0 radical (unpaired) electrons. The standard InChI is InChI=1S/C21H16N4O3S/c1-13-18(16(11-22)20(28-13)25-9-3-4-10-25)19(26)24-21-23-17(12-29-21)14-5-7-15(27-2)8-6-14/h3-10,12H,1-2H3,(H,23,24,26). The third-order valence-electron chi connectivity index (χ3n) is 4.35. The van der Waals surface area contributed by atoms with Crippen molar-refractivity contribution in [1.82, 2.24) is 9.55 Å². The first-order valence-corrected chi connectivity index (χ1v) is 9.57. The number of anilines is 1. The second-order valence-corrected chi connectivity index (χ2v) is 6.99. The van der Waals surface area contributed by atoms with E-state index in [1.807, 2.05) is 41.8 Å². The van der Waals surface area contributed by atoms with Crippen LogP contribution in [0.2, 0.25) is 0 Å². The van der Waals surface area contributed by atoms with Gasteiger partial charge >= 0.3 is 0 Å². The molecule has 0 spiro atoms. The van der Waals surface area contributed by atoms with Crippen molar-refractivity contribution in [2.24, 2.45) is 0 Å². The lowest BCUT2D eigenvalue weighted by atomic mass is 10.1. The van der Waals surface area contributed by atoms with Crippen LogP contribution in [0.4, 0.5) is 5.13 Å². The summed E-state index contributed by atoms with van der Waals surface area (Å²) in [5.74, 6) is 1.01. The molecule has 4 aromatic rings. The number of nitrogens with zero attached hydrogens (tertiary/aromatic N) is 3. The number of rotatable bonds is 5. The number of ether oxygens (including phenoxy) is 1. The van der Waals surface area contributed by atoms with E-state index in [2.05, 4.69) is 16.4 Å². The molecule has 0 fully saturated rings. The smallest absolute Gasteiger partial charge is 0.262 e. The zero-order valence-electron chi connectivity index (χ0n) is 15.7. The molecule has 0 aliphatic rings. The molecular weight excluding hydrogens is 388 g/mol. The topological polar surface area (TPSA) is 93.1 Å². The number of benzene rings is 1. The molecular formula is C21H16N4O3S. The monoisotopic (exact) mass is 404 g/mol. The molecule has 0 saturated carbocycles. The van der Waals surface area contributed by atoms with Gasteiger partial charge in [-0.05, 0) is 43.3 Å². The molecule has 7 nitrogen and oxygen atoms in total. The van der Waals surface area contributed by atoms with Crippen molar-refractivity contribution in [2.75, 3.05) is 12.4 Å². The second kappa shape index (κ2) is 7.66. The highest BCUT2D eigenvalue weighted by Gasteiger charge is 2.25. The molecule has 1 amide bonds. The van der Waals surface area contributed by atoms with Gasteiger partial charge in [0.25, 0.3) is 5.91 Å². The number of hydrogen-bond acceptors (Lipinski definition) is 6. The van der Waals surface area contributed by atoms with Crippen molar-refractivity contribution in [2.45, 2.75) is 6.92 Å². The zero-order chi connectivity index (χ0) is 20.4. The molecule has 1 aromatic carbocycles. The van der Waals surface area contributed by atoms with Gasteiger partial charge in [0, 0.05) is 23.3 Å². The average Bonchev–Trinajstić information content (AvgIpc) is 3.47. The Morgan fingerprint density at radius 3 is 2.66 bits per heavy atom. The second-order valence-electron chi connectivity index (χ2n) is 6.14. The fourth-order valence-corrected chi connectivity index (χ4v) is 3.66. The van der Waals surface area contributed by atoms with Gasteiger partial charge in [0.1, 0.15) is 28.7 Å². The van der Waals surface area contributed by atoms with Crippen LogP contribution >= 0.6 is 11.3 Å². The Bertz CT molecular complexity index is 1200. The van der Waals surface area contributed by atoms with E-state index in [1.165, 1.54) is 11.3 Å². The first kappa shape index (κ1) is 18.5. The SMILES string of the molecule is COc1ccc(-c2csc(NC(=O)c3c(C)oc(-n4cccc4)c3C#N)n2)cc1. The number of aryl methyl sites for hydroxylation is 1. The summed E-state index contributed by atoms with van der Waals surface area (Å²) in [5, 5.41) is 14.7. The van der Waals surface area contributed by atoms with Crippen LogP contribution < -0.4 is 10.1 Å². The number of nitriles is 1. The van der Waals surface area contributed by atoms with E-state index in [9.17, 15) is 10.1 Å². The van der Waals surface area contributed by atoms with Gasteiger partial charge in [-0.1, -0.05) is 0 Å². The highest BCUT2D eigenvalue weighted by molar-refractivity contribution is 7.14. The molecule has 0 aliphatic carbocycles. The fourth-order valence-electron chi connectivity index (χ4n) is 2.94. The minimum Gasteiger partial charge on any atom is -0.497 e. The van der Waals surface area contributed by atoms with Gasteiger partial charge in [0.2, 0.25) is 5.88 Å². The van der Waals surface area contributed by atoms with Crippen molar-refractivity contribution >= 4 is 22.4 Å². The molecule has 0 bridgehead atoms. The predicted molar refractivity (Wildman–Crippen MR) is 110 cm³/mol. The Kier molecular flexibility index (Phi) is 4.89. The normalized spacial score (nSPS) is 10.5. The maximum atomic E-state index is 12.8. The number of nitrogens with one attached hydrogen (secondary N) is 1. The Labute approximate surface area is 170 Å². The zero-order valence-corrected chi connectivity index (χ0v) is 16.5. The van der Waals surface area contributed by atoms with Gasteiger partial charge in [-0.25, -0.2) is 4.98 Å². The molecule has 0 saturated heterocycles. The molecule has 8 heteroatoms. The number of carbonyl (C=O) groups excluding carboxylic acids is 1. The average molecular weight is 404 g/mol. The summed E-state index contributed by atoms with van der Waals surface area (Å²) < 4.78 is 12.5. The molecule has 0 atom stereocenters. The Morgan fingerprint density at radius 2 is 2.00 bits per heavy atom. The van der Waals surface area contributed by atoms with Crippen LogP contribution in [-0.2, 0) is 0 Å². The highest BCUT2D eigenvalue weighted by Crippen LogP contribution is 2.29. The summed E-state index contributed by atoms with van der Waals surface area (Å²) in [7, 11) is 1.61. The first-order valence-electron chi connectivity index (χ1n) is 8.69. The third-order valence-corrected chi connectivity index (χ3v) is 5.11. The molecule has 144 valence electrons. The van der Waals surface area contributed by atoms with Gasteiger partial charge in [-0.3, -0.25) is 14.7 Å². The van der Waals surface area contributed by atoms with Crippen molar-refractivity contribution in [1.29, 1.82) is 5.26 Å². The van der Waals surface area contributed by atoms with Crippen LogP contribution in [0.25, 0.3) is 17.1 Å². The number of amides is 1. The number of hydrogen-bond donors (Lipinski definition) is 1. The van der Waals surface area contributed by atoms with E-state index >= 15 is 0 Å². The maximum Gasteiger partial charge on any atom is 0.262 e. The lowest BCUT2D eigenvalue weighted by molar-refractivity contribution is 0.102. The lowest BCUT2D eigenvalue weighted by Gasteiger charge is -2.02. The number of aromatic nitrogens is 2. The van der Waals surface area contributed by atoms with E-state index in [0.29, 0.717) is 16.8 Å². The molecule has 0 aliphatic heterocycles. The molecule has 1 N–H and O–H groups in total. The van der Waals surface area contributed by atoms with Gasteiger partial charge in [-0.15, -0.1) is 11.3 Å². The lowest BCUT2D eigenvalue weighted by Crippen LogP contribution is -2.13. The van der Waals surface area contributed by atoms with Gasteiger partial charge in [-0.2, -0.15) is 5.26 Å². The van der Waals surface area contributed by atoms with E-state index in [4.69, 9.17) is 9.15 Å². The van der Waals surface area contributed by atoms with Crippen LogP contribution in [0.1, 0.15) is 21.7 Å². The van der Waals surface area contributed by atoms with Gasteiger partial charge in [0.05, 0.1) is 12.8 Å². The van der Waals surface area contributed by atoms with E-state index in [1.54, 1.807) is 31.0 Å². The van der Waals surface area contributed by atoms with Crippen molar-refractivity contribution in [3.05, 3.63) is 71.1 Å². The molecule has 3 heterocycles. The number of thiazole rings is 1. The van der Waals surface area contributed by atoms with Crippen LogP contribution in [0, 0.1) is 18.3 Å². The van der Waals surface area contributed by atoms with Crippen LogP contribution in [0.5, 0.6) is 5.75 Å². The summed E-state index contributed by atoms with van der Waals surface area (Å²) in [5.41, 5.74) is 2.04. The Balaban J connectivity index is 1.59. The summed E-state index contributed by atoms with van der Waals surface area (Å²) in [6.07, 6.45) is 3.51. The van der Waals surface area contributed by atoms with Crippen LogP contribution in [-0.4, -0.2) is 22.6 Å². The van der Waals surface area contributed by atoms with E-state index in [0.717, 1.165) is 17.0 Å². The van der Waals surface area contributed by atoms with Crippen LogP contribution in [0.3, 0.4) is 0 Å². The van der Waals surface area contributed by atoms with Gasteiger partial charge in [0.15, 0.2) is 5.13 Å². The maximum absolute atomic E-state index is 12.8. The highest BCUT2D eigenvalue weighted by atomic mass is 32.1. The number of carbonyl (C=O) groups is 1. The Hall–Kier alpha value is -3.83. The third kappa shape index (κ3) is 3.51. The van der Waals surface area contributed by atoms with Crippen LogP contribution in [0.15, 0.2) is 58.6 Å². The number of methoxy groups -OCH3 is 1. The summed E-state index contributed by atoms with van der Waals surface area (Å²) in [6.45, 7) is 1.66. The first-order chi connectivity index (χ1) is 14.1. The summed E-state index contributed by atoms with van der Waals surface area (Å²) in [6, 6.07) is 13.2. The van der Waals surface area contributed by atoms with E-state index < -0.39 is 5.91 Å². The largest absolute Gasteiger partial charge is 0.497 e. The molecule has 4 rings (SSSR count).